The van der Waals surface area contributed by atoms with Gasteiger partial charge in [0.2, 0.25) is 5.91 Å². The van der Waals surface area contributed by atoms with E-state index in [0.717, 1.165) is 11.3 Å². The van der Waals surface area contributed by atoms with E-state index < -0.39 is 0 Å². The summed E-state index contributed by atoms with van der Waals surface area (Å²) < 4.78 is 5.38. The summed E-state index contributed by atoms with van der Waals surface area (Å²) in [5.41, 5.74) is 3.00. The Labute approximate surface area is 154 Å². The van der Waals surface area contributed by atoms with E-state index in [1.54, 1.807) is 4.90 Å². The predicted molar refractivity (Wildman–Crippen MR) is 101 cm³/mol. The average molecular weight is 352 g/mol. The largest absolute Gasteiger partial charge is 0.442 e. The average Bonchev–Trinajstić information content (AvgIpc) is 3.02. The van der Waals surface area contributed by atoms with Crippen molar-refractivity contribution in [3.63, 3.8) is 0 Å². The molecule has 2 amide bonds. The van der Waals surface area contributed by atoms with Gasteiger partial charge in [0.15, 0.2) is 0 Å². The number of nitrogens with one attached hydrogen (secondary N) is 1. The quantitative estimate of drug-likeness (QED) is 0.866. The molecule has 1 aliphatic rings. The third-order valence-corrected chi connectivity index (χ3v) is 4.48. The van der Waals surface area contributed by atoms with Crippen LogP contribution in [0, 0.1) is 0 Å². The van der Waals surface area contributed by atoms with Crippen LogP contribution in [-0.4, -0.2) is 31.2 Å². The molecular formula is C21H24N2O3. The number of rotatable bonds is 6. The zero-order valence-electron chi connectivity index (χ0n) is 15.1. The number of amides is 2. The molecule has 0 radical (unpaired) electrons. The van der Waals surface area contributed by atoms with Crippen LogP contribution in [0.4, 0.5) is 10.5 Å². The van der Waals surface area contributed by atoms with Gasteiger partial charge in [-0.05, 0) is 29.2 Å². The van der Waals surface area contributed by atoms with E-state index in [-0.39, 0.29) is 18.1 Å². The smallest absolute Gasteiger partial charge is 0.414 e. The van der Waals surface area contributed by atoms with E-state index >= 15 is 0 Å². The van der Waals surface area contributed by atoms with Gasteiger partial charge >= 0.3 is 6.09 Å². The van der Waals surface area contributed by atoms with Crippen LogP contribution in [0.1, 0.15) is 30.9 Å². The molecule has 5 heteroatoms. The number of anilines is 1. The van der Waals surface area contributed by atoms with Gasteiger partial charge in [-0.15, -0.1) is 0 Å². The SMILES string of the molecule is CC(C)c1ccc(N2CC(CNC(=O)Cc3ccccc3)OC2=O)cc1. The highest BCUT2D eigenvalue weighted by Gasteiger charge is 2.32. The molecule has 136 valence electrons. The maximum absolute atomic E-state index is 12.1. The fourth-order valence-electron chi connectivity index (χ4n) is 2.95. The van der Waals surface area contributed by atoms with Crippen molar-refractivity contribution in [1.82, 2.24) is 5.32 Å². The van der Waals surface area contributed by atoms with Crippen molar-refractivity contribution in [2.75, 3.05) is 18.0 Å². The minimum atomic E-state index is -0.371. The second-order valence-electron chi connectivity index (χ2n) is 6.83. The van der Waals surface area contributed by atoms with Crippen molar-refractivity contribution in [1.29, 1.82) is 0 Å². The van der Waals surface area contributed by atoms with Gasteiger partial charge in [-0.3, -0.25) is 9.69 Å². The first-order valence-electron chi connectivity index (χ1n) is 8.91. The molecule has 1 aliphatic heterocycles. The number of cyclic esters (lactones) is 1. The second kappa shape index (κ2) is 8.04. The molecule has 5 nitrogen and oxygen atoms in total. The number of benzene rings is 2. The van der Waals surface area contributed by atoms with Gasteiger partial charge in [0.1, 0.15) is 6.10 Å². The van der Waals surface area contributed by atoms with Gasteiger partial charge < -0.3 is 10.1 Å². The molecule has 0 aliphatic carbocycles. The number of hydrogen-bond donors (Lipinski definition) is 1. The molecule has 2 aromatic carbocycles. The van der Waals surface area contributed by atoms with Crippen molar-refractivity contribution in [2.45, 2.75) is 32.3 Å². The summed E-state index contributed by atoms with van der Waals surface area (Å²) in [6.45, 7) is 5.02. The van der Waals surface area contributed by atoms with E-state index in [0.29, 0.717) is 25.4 Å². The Hall–Kier alpha value is -2.82. The highest BCUT2D eigenvalue weighted by atomic mass is 16.6. The fraction of sp³-hybridized carbons (Fsp3) is 0.333. The molecule has 0 spiro atoms. The third kappa shape index (κ3) is 4.42. The van der Waals surface area contributed by atoms with E-state index in [2.05, 4.69) is 19.2 Å². The zero-order valence-corrected chi connectivity index (χ0v) is 15.1. The first kappa shape index (κ1) is 18.0. The summed E-state index contributed by atoms with van der Waals surface area (Å²) >= 11 is 0. The summed E-state index contributed by atoms with van der Waals surface area (Å²) in [6, 6.07) is 17.5. The lowest BCUT2D eigenvalue weighted by molar-refractivity contribution is -0.120. The minimum absolute atomic E-state index is 0.0769. The zero-order chi connectivity index (χ0) is 18.5. The van der Waals surface area contributed by atoms with E-state index in [1.165, 1.54) is 5.56 Å². The lowest BCUT2D eigenvalue weighted by Crippen LogP contribution is -2.35. The molecule has 3 rings (SSSR count). The number of nitrogens with zero attached hydrogens (tertiary/aromatic N) is 1. The molecule has 1 saturated heterocycles. The predicted octanol–water partition coefficient (Wildman–Crippen LogP) is 3.49. The Morgan fingerprint density at radius 3 is 2.50 bits per heavy atom. The molecular weight excluding hydrogens is 328 g/mol. The highest BCUT2D eigenvalue weighted by molar-refractivity contribution is 5.89. The van der Waals surface area contributed by atoms with Crippen molar-refractivity contribution >= 4 is 17.7 Å². The van der Waals surface area contributed by atoms with Gasteiger partial charge in [0, 0.05) is 5.69 Å². The molecule has 26 heavy (non-hydrogen) atoms. The fourth-order valence-corrected chi connectivity index (χ4v) is 2.95. The van der Waals surface area contributed by atoms with Crippen LogP contribution in [0.5, 0.6) is 0 Å². The molecule has 0 bridgehead atoms. The first-order valence-corrected chi connectivity index (χ1v) is 8.91. The van der Waals surface area contributed by atoms with Crippen molar-refractivity contribution in [3.05, 3.63) is 65.7 Å². The van der Waals surface area contributed by atoms with Gasteiger partial charge in [-0.25, -0.2) is 4.79 Å². The summed E-state index contributed by atoms with van der Waals surface area (Å²) in [5.74, 6) is 0.370. The lowest BCUT2D eigenvalue weighted by atomic mass is 10.0. The monoisotopic (exact) mass is 352 g/mol. The molecule has 0 aromatic heterocycles. The van der Waals surface area contributed by atoms with Crippen LogP contribution in [0.25, 0.3) is 0 Å². The van der Waals surface area contributed by atoms with Crippen molar-refractivity contribution in [2.24, 2.45) is 0 Å². The normalized spacial score (nSPS) is 16.7. The van der Waals surface area contributed by atoms with Crippen LogP contribution < -0.4 is 10.2 Å². The maximum Gasteiger partial charge on any atom is 0.414 e. The van der Waals surface area contributed by atoms with Crippen LogP contribution in [0.2, 0.25) is 0 Å². The highest BCUT2D eigenvalue weighted by Crippen LogP contribution is 2.24. The van der Waals surface area contributed by atoms with Crippen LogP contribution in [-0.2, 0) is 16.0 Å². The van der Waals surface area contributed by atoms with E-state index in [4.69, 9.17) is 4.74 Å². The Bertz CT molecular complexity index is 757. The van der Waals surface area contributed by atoms with Gasteiger partial charge in [-0.1, -0.05) is 56.3 Å². The summed E-state index contributed by atoms with van der Waals surface area (Å²) in [7, 11) is 0. The third-order valence-electron chi connectivity index (χ3n) is 4.48. The molecule has 1 N–H and O–H groups in total. The molecule has 1 fully saturated rings. The standard InChI is InChI=1S/C21H24N2O3/c1-15(2)17-8-10-18(11-9-17)23-14-19(26-21(23)25)13-22-20(24)12-16-6-4-3-5-7-16/h3-11,15,19H,12-14H2,1-2H3,(H,22,24). The minimum Gasteiger partial charge on any atom is -0.442 e. The summed E-state index contributed by atoms with van der Waals surface area (Å²) in [5, 5.41) is 2.85. The number of ether oxygens (including phenoxy) is 1. The molecule has 1 unspecified atom stereocenters. The van der Waals surface area contributed by atoms with Crippen LogP contribution >= 0.6 is 0 Å². The maximum atomic E-state index is 12.1. The van der Waals surface area contributed by atoms with E-state index in [9.17, 15) is 9.59 Å². The van der Waals surface area contributed by atoms with Gasteiger partial charge in [0.05, 0.1) is 19.5 Å². The Kier molecular flexibility index (Phi) is 5.56. The van der Waals surface area contributed by atoms with Crippen LogP contribution in [0.3, 0.4) is 0 Å². The molecule has 2 aromatic rings. The van der Waals surface area contributed by atoms with Crippen molar-refractivity contribution in [3.8, 4) is 0 Å². The van der Waals surface area contributed by atoms with Gasteiger partial charge in [0.25, 0.3) is 0 Å². The number of carbonyl (C=O) groups excluding carboxylic acids is 2. The summed E-state index contributed by atoms with van der Waals surface area (Å²) in [6.07, 6.45) is -0.390. The summed E-state index contributed by atoms with van der Waals surface area (Å²) in [4.78, 5) is 25.8. The number of hydrogen-bond acceptors (Lipinski definition) is 3. The Balaban J connectivity index is 1.52. The Morgan fingerprint density at radius 1 is 1.15 bits per heavy atom. The van der Waals surface area contributed by atoms with Crippen LogP contribution in [0.15, 0.2) is 54.6 Å². The number of carbonyl (C=O) groups is 2. The first-order chi connectivity index (χ1) is 12.5. The van der Waals surface area contributed by atoms with E-state index in [1.807, 2.05) is 54.6 Å². The molecule has 1 atom stereocenters. The molecule has 1 heterocycles. The lowest BCUT2D eigenvalue weighted by Gasteiger charge is -2.14. The topological polar surface area (TPSA) is 58.6 Å². The van der Waals surface area contributed by atoms with Gasteiger partial charge in [-0.2, -0.15) is 0 Å². The Morgan fingerprint density at radius 2 is 1.85 bits per heavy atom. The van der Waals surface area contributed by atoms with Crippen molar-refractivity contribution < 1.29 is 14.3 Å². The second-order valence-corrected chi connectivity index (χ2v) is 6.83. The molecule has 0 saturated carbocycles.